The fourth-order valence-electron chi connectivity index (χ4n) is 3.23. The quantitative estimate of drug-likeness (QED) is 0.793. The van der Waals surface area contributed by atoms with Gasteiger partial charge in [0.05, 0.1) is 13.2 Å². The highest BCUT2D eigenvalue weighted by atomic mass is 35.5. The molecule has 1 atom stereocenters. The second kappa shape index (κ2) is 8.92. The van der Waals surface area contributed by atoms with Crippen molar-refractivity contribution in [1.82, 2.24) is 10.2 Å². The Hall–Kier alpha value is -2.24. The van der Waals surface area contributed by atoms with E-state index in [0.717, 1.165) is 18.8 Å². The fraction of sp³-hybridized carbons (Fsp3) is 0.350. The Morgan fingerprint density at radius 1 is 1.12 bits per heavy atom. The first-order chi connectivity index (χ1) is 12.7. The third kappa shape index (κ3) is 4.90. The lowest BCUT2D eigenvalue weighted by Gasteiger charge is -2.28. The molecule has 2 aromatic carbocycles. The van der Waals surface area contributed by atoms with Crippen LogP contribution in [0, 0.1) is 0 Å². The van der Waals surface area contributed by atoms with E-state index in [1.807, 2.05) is 12.1 Å². The normalized spacial score (nSPS) is 15.5. The zero-order chi connectivity index (χ0) is 18.4. The van der Waals surface area contributed by atoms with Gasteiger partial charge in [-0.15, -0.1) is 0 Å². The molecule has 0 aromatic heterocycles. The number of amides is 2. The second-order valence-electron chi connectivity index (χ2n) is 6.37. The molecule has 1 fully saturated rings. The molecule has 26 heavy (non-hydrogen) atoms. The number of carbonyl (C=O) groups excluding carboxylic acids is 1. The van der Waals surface area contributed by atoms with Crippen molar-refractivity contribution in [2.75, 3.05) is 32.1 Å². The number of carbonyl (C=O) groups is 1. The lowest BCUT2D eigenvalue weighted by Crippen LogP contribution is -2.38. The summed E-state index contributed by atoms with van der Waals surface area (Å²) in [4.78, 5) is 14.7. The Labute approximate surface area is 159 Å². The first kappa shape index (κ1) is 18.5. The number of anilines is 1. The molecular weight excluding hydrogens is 350 g/mol. The van der Waals surface area contributed by atoms with Crippen molar-refractivity contribution in [2.24, 2.45) is 0 Å². The third-order valence-corrected chi connectivity index (χ3v) is 4.89. The minimum absolute atomic E-state index is 0.152. The topological polar surface area (TPSA) is 53.6 Å². The molecule has 6 heteroatoms. The maximum Gasteiger partial charge on any atom is 0.319 e. The monoisotopic (exact) mass is 373 g/mol. The van der Waals surface area contributed by atoms with E-state index in [1.54, 1.807) is 31.4 Å². The Morgan fingerprint density at radius 2 is 1.77 bits per heavy atom. The van der Waals surface area contributed by atoms with E-state index >= 15 is 0 Å². The molecule has 0 saturated carbocycles. The molecule has 0 unspecified atom stereocenters. The van der Waals surface area contributed by atoms with Crippen molar-refractivity contribution in [1.29, 1.82) is 0 Å². The van der Waals surface area contributed by atoms with Crippen molar-refractivity contribution < 1.29 is 9.53 Å². The Balaban J connectivity index is 1.63. The van der Waals surface area contributed by atoms with Gasteiger partial charge < -0.3 is 15.4 Å². The van der Waals surface area contributed by atoms with Crippen LogP contribution in [-0.4, -0.2) is 37.7 Å². The molecule has 0 bridgehead atoms. The molecule has 1 saturated heterocycles. The number of urea groups is 1. The number of hydrogen-bond donors (Lipinski definition) is 2. The Kier molecular flexibility index (Phi) is 6.36. The molecule has 0 radical (unpaired) electrons. The highest BCUT2D eigenvalue weighted by molar-refractivity contribution is 6.30. The minimum atomic E-state index is -0.218. The van der Waals surface area contributed by atoms with Gasteiger partial charge in [-0.25, -0.2) is 4.79 Å². The van der Waals surface area contributed by atoms with Crippen molar-refractivity contribution in [3.05, 3.63) is 59.1 Å². The number of hydrogen-bond acceptors (Lipinski definition) is 3. The maximum atomic E-state index is 12.3. The first-order valence-electron chi connectivity index (χ1n) is 8.84. The van der Waals surface area contributed by atoms with Gasteiger partial charge in [-0.05, 0) is 67.9 Å². The molecule has 1 aliphatic rings. The summed E-state index contributed by atoms with van der Waals surface area (Å²) in [5.74, 6) is 0.836. The average Bonchev–Trinajstić information content (AvgIpc) is 3.19. The first-order valence-corrected chi connectivity index (χ1v) is 9.22. The summed E-state index contributed by atoms with van der Waals surface area (Å²) in [7, 11) is 1.66. The summed E-state index contributed by atoms with van der Waals surface area (Å²) in [5.41, 5.74) is 1.90. The molecule has 2 N–H and O–H groups in total. The summed E-state index contributed by atoms with van der Waals surface area (Å²) >= 11 is 5.87. The number of nitrogens with one attached hydrogen (secondary N) is 2. The standard InChI is InChI=1S/C20H24ClN3O2/c1-26-18-10-4-15(5-11-18)19(24-12-2-3-13-24)14-22-20(25)23-17-8-6-16(21)7-9-17/h4-11,19H,2-3,12-14H2,1H3,(H2,22,23,25)/t19-/m0/s1. The molecule has 0 spiro atoms. The van der Waals surface area contributed by atoms with E-state index < -0.39 is 0 Å². The minimum Gasteiger partial charge on any atom is -0.497 e. The van der Waals surface area contributed by atoms with Crippen LogP contribution in [0.4, 0.5) is 10.5 Å². The SMILES string of the molecule is COc1ccc([C@H](CNC(=O)Nc2ccc(Cl)cc2)N2CCCC2)cc1. The average molecular weight is 374 g/mol. The smallest absolute Gasteiger partial charge is 0.319 e. The number of likely N-dealkylation sites (tertiary alicyclic amines) is 1. The van der Waals surface area contributed by atoms with Crippen LogP contribution in [0.1, 0.15) is 24.4 Å². The summed E-state index contributed by atoms with van der Waals surface area (Å²) in [6, 6.07) is 15.1. The molecule has 0 aliphatic carbocycles. The van der Waals surface area contributed by atoms with Gasteiger partial charge in [0, 0.05) is 17.3 Å². The van der Waals surface area contributed by atoms with Gasteiger partial charge in [0.15, 0.2) is 0 Å². The van der Waals surface area contributed by atoms with Gasteiger partial charge in [0.25, 0.3) is 0 Å². The molecule has 2 aromatic rings. The summed E-state index contributed by atoms with van der Waals surface area (Å²) < 4.78 is 5.24. The third-order valence-electron chi connectivity index (χ3n) is 4.64. The summed E-state index contributed by atoms with van der Waals surface area (Å²) in [6.45, 7) is 2.65. The van der Waals surface area contributed by atoms with Crippen molar-refractivity contribution in [3.8, 4) is 5.75 Å². The van der Waals surface area contributed by atoms with E-state index in [1.165, 1.54) is 18.4 Å². The molecule has 138 valence electrons. The molecule has 2 amide bonds. The highest BCUT2D eigenvalue weighted by Crippen LogP contribution is 2.26. The predicted molar refractivity (Wildman–Crippen MR) is 105 cm³/mol. The van der Waals surface area contributed by atoms with Gasteiger partial charge >= 0.3 is 6.03 Å². The van der Waals surface area contributed by atoms with E-state index in [0.29, 0.717) is 17.3 Å². The van der Waals surface area contributed by atoms with Gasteiger partial charge in [0.2, 0.25) is 0 Å². The molecular formula is C20H24ClN3O2. The number of rotatable bonds is 6. The van der Waals surface area contributed by atoms with Crippen molar-refractivity contribution in [3.63, 3.8) is 0 Å². The number of nitrogens with zero attached hydrogens (tertiary/aromatic N) is 1. The predicted octanol–water partition coefficient (Wildman–Crippen LogP) is 4.31. The lowest BCUT2D eigenvalue weighted by molar-refractivity contribution is 0.227. The second-order valence-corrected chi connectivity index (χ2v) is 6.81. The molecule has 1 heterocycles. The Morgan fingerprint density at radius 3 is 2.38 bits per heavy atom. The summed E-state index contributed by atoms with van der Waals surface area (Å²) in [6.07, 6.45) is 2.40. The van der Waals surface area contributed by atoms with Gasteiger partial charge in [-0.3, -0.25) is 4.90 Å². The van der Waals surface area contributed by atoms with Crippen LogP contribution < -0.4 is 15.4 Å². The number of methoxy groups -OCH3 is 1. The largest absolute Gasteiger partial charge is 0.497 e. The summed E-state index contributed by atoms with van der Waals surface area (Å²) in [5, 5.41) is 6.47. The number of ether oxygens (including phenoxy) is 1. The lowest BCUT2D eigenvalue weighted by atomic mass is 10.1. The van der Waals surface area contributed by atoms with E-state index in [2.05, 4.69) is 27.7 Å². The number of benzene rings is 2. The van der Waals surface area contributed by atoms with Crippen LogP contribution in [-0.2, 0) is 0 Å². The Bertz CT molecular complexity index is 713. The van der Waals surface area contributed by atoms with Crippen LogP contribution in [0.25, 0.3) is 0 Å². The van der Waals surface area contributed by atoms with Crippen LogP contribution in [0.5, 0.6) is 5.75 Å². The highest BCUT2D eigenvalue weighted by Gasteiger charge is 2.24. The van der Waals surface area contributed by atoms with Crippen LogP contribution >= 0.6 is 11.6 Å². The van der Waals surface area contributed by atoms with Gasteiger partial charge in [-0.2, -0.15) is 0 Å². The molecule has 3 rings (SSSR count). The van der Waals surface area contributed by atoms with Gasteiger partial charge in [-0.1, -0.05) is 23.7 Å². The number of halogens is 1. The van der Waals surface area contributed by atoms with Gasteiger partial charge in [0.1, 0.15) is 5.75 Å². The molecule has 5 nitrogen and oxygen atoms in total. The van der Waals surface area contributed by atoms with Crippen molar-refractivity contribution in [2.45, 2.75) is 18.9 Å². The zero-order valence-corrected chi connectivity index (χ0v) is 15.6. The van der Waals surface area contributed by atoms with Crippen LogP contribution in [0.15, 0.2) is 48.5 Å². The van der Waals surface area contributed by atoms with Crippen LogP contribution in [0.2, 0.25) is 5.02 Å². The van der Waals surface area contributed by atoms with Crippen LogP contribution in [0.3, 0.4) is 0 Å². The van der Waals surface area contributed by atoms with E-state index in [9.17, 15) is 4.79 Å². The zero-order valence-electron chi connectivity index (χ0n) is 14.9. The fourth-order valence-corrected chi connectivity index (χ4v) is 3.36. The maximum absolute atomic E-state index is 12.3. The van der Waals surface area contributed by atoms with E-state index in [4.69, 9.17) is 16.3 Å². The molecule has 1 aliphatic heterocycles. The van der Waals surface area contributed by atoms with Crippen molar-refractivity contribution >= 4 is 23.3 Å². The van der Waals surface area contributed by atoms with E-state index in [-0.39, 0.29) is 12.1 Å².